The highest BCUT2D eigenvalue weighted by molar-refractivity contribution is 6.31. The number of nitrogens with zero attached hydrogens (tertiary/aromatic N) is 1. The molecule has 0 amide bonds. The molecule has 0 saturated carbocycles. The molecular formula is C15H17ClN2. The van der Waals surface area contributed by atoms with Crippen molar-refractivity contribution in [3.63, 3.8) is 0 Å². The lowest BCUT2D eigenvalue weighted by Gasteiger charge is -2.16. The van der Waals surface area contributed by atoms with Gasteiger partial charge < -0.3 is 5.73 Å². The van der Waals surface area contributed by atoms with Crippen LogP contribution in [0.3, 0.4) is 0 Å². The van der Waals surface area contributed by atoms with E-state index in [0.29, 0.717) is 0 Å². The second kappa shape index (κ2) is 5.09. The standard InChI is InChI=1S/C15H17ClN2/c1-9-4-6-12(8-14(9)16)15(17)13-7-5-10(2)18-11(13)3/h4-8,15H,17H2,1-3H3. The first-order chi connectivity index (χ1) is 8.49. The van der Waals surface area contributed by atoms with Gasteiger partial charge in [0.2, 0.25) is 0 Å². The van der Waals surface area contributed by atoms with Gasteiger partial charge >= 0.3 is 0 Å². The Morgan fingerprint density at radius 2 is 1.83 bits per heavy atom. The number of rotatable bonds is 2. The number of hydrogen-bond donors (Lipinski definition) is 1. The summed E-state index contributed by atoms with van der Waals surface area (Å²) in [6.45, 7) is 5.94. The van der Waals surface area contributed by atoms with Crippen LogP contribution in [-0.2, 0) is 0 Å². The lowest BCUT2D eigenvalue weighted by molar-refractivity contribution is 0.843. The summed E-state index contributed by atoms with van der Waals surface area (Å²) in [5.74, 6) is 0. The Bertz CT molecular complexity index is 579. The van der Waals surface area contributed by atoms with Crippen molar-refractivity contribution in [1.29, 1.82) is 0 Å². The van der Waals surface area contributed by atoms with E-state index in [1.165, 1.54) is 0 Å². The van der Waals surface area contributed by atoms with Crippen LogP contribution < -0.4 is 5.73 Å². The molecule has 0 radical (unpaired) electrons. The van der Waals surface area contributed by atoms with Crippen LogP contribution in [0.2, 0.25) is 5.02 Å². The maximum Gasteiger partial charge on any atom is 0.0570 e. The minimum absolute atomic E-state index is 0.184. The van der Waals surface area contributed by atoms with E-state index in [-0.39, 0.29) is 6.04 Å². The molecular weight excluding hydrogens is 244 g/mol. The molecule has 1 aromatic carbocycles. The molecule has 2 aromatic rings. The normalized spacial score (nSPS) is 12.5. The zero-order valence-electron chi connectivity index (χ0n) is 10.9. The van der Waals surface area contributed by atoms with Gasteiger partial charge in [-0.05, 0) is 49.6 Å². The molecule has 2 N–H and O–H groups in total. The summed E-state index contributed by atoms with van der Waals surface area (Å²) in [5.41, 5.74) is 11.4. The minimum Gasteiger partial charge on any atom is -0.320 e. The number of hydrogen-bond acceptors (Lipinski definition) is 2. The third-order valence-corrected chi connectivity index (χ3v) is 3.56. The predicted octanol–water partition coefficient (Wildman–Crippen LogP) is 3.71. The van der Waals surface area contributed by atoms with Crippen LogP contribution >= 0.6 is 11.6 Å². The van der Waals surface area contributed by atoms with Crippen molar-refractivity contribution in [2.45, 2.75) is 26.8 Å². The van der Waals surface area contributed by atoms with Crippen molar-refractivity contribution < 1.29 is 0 Å². The topological polar surface area (TPSA) is 38.9 Å². The molecule has 1 heterocycles. The number of halogens is 1. The highest BCUT2D eigenvalue weighted by Crippen LogP contribution is 2.25. The van der Waals surface area contributed by atoms with Crippen molar-refractivity contribution in [1.82, 2.24) is 4.98 Å². The number of pyridine rings is 1. The highest BCUT2D eigenvalue weighted by atomic mass is 35.5. The summed E-state index contributed by atoms with van der Waals surface area (Å²) in [5, 5.41) is 0.751. The molecule has 0 bridgehead atoms. The Kier molecular flexibility index (Phi) is 3.69. The SMILES string of the molecule is Cc1ccc(C(N)c2ccc(C)c(Cl)c2)c(C)n1. The van der Waals surface area contributed by atoms with Crippen molar-refractivity contribution in [3.05, 3.63) is 63.4 Å². The molecule has 0 aliphatic rings. The summed E-state index contributed by atoms with van der Waals surface area (Å²) in [7, 11) is 0. The lowest BCUT2D eigenvalue weighted by Crippen LogP contribution is -2.14. The van der Waals surface area contributed by atoms with Gasteiger partial charge in [0.15, 0.2) is 0 Å². The summed E-state index contributed by atoms with van der Waals surface area (Å²) in [6.07, 6.45) is 0. The van der Waals surface area contributed by atoms with E-state index in [4.69, 9.17) is 17.3 Å². The Morgan fingerprint density at radius 3 is 2.44 bits per heavy atom. The molecule has 3 heteroatoms. The van der Waals surface area contributed by atoms with Crippen molar-refractivity contribution in [2.75, 3.05) is 0 Å². The quantitative estimate of drug-likeness (QED) is 0.894. The third-order valence-electron chi connectivity index (χ3n) is 3.16. The average Bonchev–Trinajstić information content (AvgIpc) is 2.32. The molecule has 0 fully saturated rings. The molecule has 0 spiro atoms. The first kappa shape index (κ1) is 13.1. The van der Waals surface area contributed by atoms with Crippen LogP contribution in [0.1, 0.15) is 34.1 Å². The van der Waals surface area contributed by atoms with Crippen molar-refractivity contribution >= 4 is 11.6 Å². The first-order valence-corrected chi connectivity index (χ1v) is 6.32. The van der Waals surface area contributed by atoms with Crippen molar-refractivity contribution in [3.8, 4) is 0 Å². The van der Waals surface area contributed by atoms with E-state index >= 15 is 0 Å². The molecule has 18 heavy (non-hydrogen) atoms. The second-order valence-electron chi connectivity index (χ2n) is 4.61. The van der Waals surface area contributed by atoms with Crippen LogP contribution in [-0.4, -0.2) is 4.98 Å². The first-order valence-electron chi connectivity index (χ1n) is 5.95. The van der Waals surface area contributed by atoms with E-state index < -0.39 is 0 Å². The van der Waals surface area contributed by atoms with E-state index in [0.717, 1.165) is 33.1 Å². The van der Waals surface area contributed by atoms with E-state index in [9.17, 15) is 0 Å². The fourth-order valence-corrected chi connectivity index (χ4v) is 2.20. The van der Waals surface area contributed by atoms with E-state index in [1.807, 2.05) is 51.1 Å². The van der Waals surface area contributed by atoms with Crippen LogP contribution in [0.15, 0.2) is 30.3 Å². The molecule has 0 saturated heterocycles. The largest absolute Gasteiger partial charge is 0.320 e. The molecule has 2 rings (SSSR count). The fourth-order valence-electron chi connectivity index (χ4n) is 2.01. The molecule has 1 aromatic heterocycles. The van der Waals surface area contributed by atoms with E-state index in [2.05, 4.69) is 4.98 Å². The van der Waals surface area contributed by atoms with Crippen molar-refractivity contribution in [2.24, 2.45) is 5.73 Å². The van der Waals surface area contributed by atoms with E-state index in [1.54, 1.807) is 0 Å². The predicted molar refractivity (Wildman–Crippen MR) is 75.9 cm³/mol. The molecule has 1 unspecified atom stereocenters. The molecule has 94 valence electrons. The number of aryl methyl sites for hydroxylation is 3. The lowest BCUT2D eigenvalue weighted by atomic mass is 9.97. The number of nitrogens with two attached hydrogens (primary N) is 1. The van der Waals surface area contributed by atoms with Crippen LogP contribution in [0, 0.1) is 20.8 Å². The Hall–Kier alpha value is -1.38. The molecule has 1 atom stereocenters. The highest BCUT2D eigenvalue weighted by Gasteiger charge is 2.13. The fraction of sp³-hybridized carbons (Fsp3) is 0.267. The third kappa shape index (κ3) is 2.55. The van der Waals surface area contributed by atoms with Gasteiger partial charge in [-0.2, -0.15) is 0 Å². The van der Waals surface area contributed by atoms with Gasteiger partial charge in [-0.1, -0.05) is 29.8 Å². The Labute approximate surface area is 113 Å². The summed E-state index contributed by atoms with van der Waals surface area (Å²) in [4.78, 5) is 4.45. The zero-order chi connectivity index (χ0) is 13.3. The average molecular weight is 261 g/mol. The van der Waals surface area contributed by atoms with Crippen LogP contribution in [0.5, 0.6) is 0 Å². The second-order valence-corrected chi connectivity index (χ2v) is 5.02. The zero-order valence-corrected chi connectivity index (χ0v) is 11.6. The molecule has 0 aliphatic heterocycles. The van der Waals surface area contributed by atoms with Gasteiger partial charge in [-0.3, -0.25) is 4.98 Å². The summed E-state index contributed by atoms with van der Waals surface area (Å²) < 4.78 is 0. The Balaban J connectivity index is 2.41. The maximum absolute atomic E-state index is 6.29. The van der Waals surface area contributed by atoms with Gasteiger partial charge in [0, 0.05) is 16.4 Å². The summed E-state index contributed by atoms with van der Waals surface area (Å²) in [6, 6.07) is 9.78. The Morgan fingerprint density at radius 1 is 1.11 bits per heavy atom. The van der Waals surface area contributed by atoms with Gasteiger partial charge in [-0.15, -0.1) is 0 Å². The molecule has 0 aliphatic carbocycles. The smallest absolute Gasteiger partial charge is 0.0570 e. The maximum atomic E-state index is 6.29. The van der Waals surface area contributed by atoms with Gasteiger partial charge in [-0.25, -0.2) is 0 Å². The van der Waals surface area contributed by atoms with Gasteiger partial charge in [0.1, 0.15) is 0 Å². The van der Waals surface area contributed by atoms with Gasteiger partial charge in [0.05, 0.1) is 6.04 Å². The van der Waals surface area contributed by atoms with Gasteiger partial charge in [0.25, 0.3) is 0 Å². The monoisotopic (exact) mass is 260 g/mol. The summed E-state index contributed by atoms with van der Waals surface area (Å²) >= 11 is 6.14. The number of benzene rings is 1. The van der Waals surface area contributed by atoms with Crippen LogP contribution in [0.25, 0.3) is 0 Å². The minimum atomic E-state index is -0.184. The van der Waals surface area contributed by atoms with Crippen LogP contribution in [0.4, 0.5) is 0 Å². The molecule has 2 nitrogen and oxygen atoms in total. The number of aromatic nitrogens is 1.